The summed E-state index contributed by atoms with van der Waals surface area (Å²) in [5.74, 6) is 1.87. The van der Waals surface area contributed by atoms with Gasteiger partial charge < -0.3 is 5.32 Å². The van der Waals surface area contributed by atoms with Gasteiger partial charge in [0.05, 0.1) is 0 Å². The molecule has 0 aliphatic carbocycles. The van der Waals surface area contributed by atoms with E-state index in [9.17, 15) is 0 Å². The first-order valence-electron chi connectivity index (χ1n) is 8.48. The van der Waals surface area contributed by atoms with Crippen molar-refractivity contribution in [2.24, 2.45) is 0 Å². The minimum absolute atomic E-state index is 0.556. The largest absolute Gasteiger partial charge is 0.357 e. The van der Waals surface area contributed by atoms with Crippen LogP contribution in [0.2, 0.25) is 0 Å². The molecule has 126 valence electrons. The summed E-state index contributed by atoms with van der Waals surface area (Å²) in [6, 6.07) is 28.5. The molecule has 4 aromatic rings. The number of anilines is 1. The van der Waals surface area contributed by atoms with Gasteiger partial charge in [-0.05, 0) is 11.1 Å². The van der Waals surface area contributed by atoms with Crippen LogP contribution in [0.15, 0.2) is 84.9 Å². The molecular weight excluding hydrogens is 320 g/mol. The average molecular weight is 338 g/mol. The van der Waals surface area contributed by atoms with Crippen molar-refractivity contribution >= 4 is 5.95 Å². The molecule has 0 unspecified atom stereocenters. The Balaban J connectivity index is 1.73. The van der Waals surface area contributed by atoms with Crippen molar-refractivity contribution in [3.63, 3.8) is 0 Å². The van der Waals surface area contributed by atoms with Gasteiger partial charge >= 0.3 is 0 Å². The molecule has 0 fully saturated rings. The molecule has 0 aliphatic heterocycles. The number of nitrogens with zero attached hydrogens (tertiary/aromatic N) is 3. The van der Waals surface area contributed by atoms with Crippen LogP contribution in [-0.2, 0) is 0 Å². The van der Waals surface area contributed by atoms with Crippen molar-refractivity contribution in [3.8, 4) is 33.9 Å². The van der Waals surface area contributed by atoms with E-state index in [1.165, 1.54) is 11.1 Å². The Morgan fingerprint density at radius 1 is 0.500 bits per heavy atom. The fourth-order valence-corrected chi connectivity index (χ4v) is 2.78. The van der Waals surface area contributed by atoms with Gasteiger partial charge in [0.2, 0.25) is 5.95 Å². The van der Waals surface area contributed by atoms with Crippen LogP contribution in [0.5, 0.6) is 0 Å². The zero-order chi connectivity index (χ0) is 17.8. The van der Waals surface area contributed by atoms with Crippen LogP contribution in [0.1, 0.15) is 0 Å². The van der Waals surface area contributed by atoms with Crippen LogP contribution in [0.3, 0.4) is 0 Å². The second-order valence-corrected chi connectivity index (χ2v) is 5.87. The van der Waals surface area contributed by atoms with E-state index in [-0.39, 0.29) is 0 Å². The van der Waals surface area contributed by atoms with E-state index in [2.05, 4.69) is 44.5 Å². The first kappa shape index (κ1) is 16.0. The molecule has 4 nitrogen and oxygen atoms in total. The Morgan fingerprint density at radius 3 is 1.46 bits per heavy atom. The lowest BCUT2D eigenvalue weighted by molar-refractivity contribution is 1.06. The van der Waals surface area contributed by atoms with Crippen molar-refractivity contribution < 1.29 is 0 Å². The topological polar surface area (TPSA) is 50.7 Å². The molecular formula is C22H18N4. The maximum atomic E-state index is 4.66. The highest BCUT2D eigenvalue weighted by molar-refractivity contribution is 5.69. The molecule has 0 bridgehead atoms. The van der Waals surface area contributed by atoms with Gasteiger partial charge in [-0.3, -0.25) is 0 Å². The van der Waals surface area contributed by atoms with Gasteiger partial charge in [0, 0.05) is 18.2 Å². The molecule has 0 saturated carbocycles. The zero-order valence-corrected chi connectivity index (χ0v) is 14.4. The van der Waals surface area contributed by atoms with E-state index < -0.39 is 0 Å². The SMILES string of the molecule is CNc1nc(-c2ccccc2)nc(-c2ccc(-c3ccccc3)cc2)n1. The van der Waals surface area contributed by atoms with Gasteiger partial charge in [-0.1, -0.05) is 84.9 Å². The predicted molar refractivity (Wildman–Crippen MR) is 106 cm³/mol. The van der Waals surface area contributed by atoms with E-state index in [1.54, 1.807) is 0 Å². The Kier molecular flexibility index (Phi) is 4.39. The molecule has 4 heteroatoms. The summed E-state index contributed by atoms with van der Waals surface area (Å²) in [4.78, 5) is 13.7. The summed E-state index contributed by atoms with van der Waals surface area (Å²) in [6.07, 6.45) is 0. The summed E-state index contributed by atoms with van der Waals surface area (Å²) in [6.45, 7) is 0. The second kappa shape index (κ2) is 7.15. The fourth-order valence-electron chi connectivity index (χ4n) is 2.78. The lowest BCUT2D eigenvalue weighted by Gasteiger charge is -2.08. The third kappa shape index (κ3) is 3.30. The zero-order valence-electron chi connectivity index (χ0n) is 14.4. The summed E-state index contributed by atoms with van der Waals surface area (Å²) in [5.41, 5.74) is 4.28. The second-order valence-electron chi connectivity index (χ2n) is 5.87. The third-order valence-corrected chi connectivity index (χ3v) is 4.14. The molecule has 0 amide bonds. The van der Waals surface area contributed by atoms with Crippen molar-refractivity contribution in [1.29, 1.82) is 0 Å². The van der Waals surface area contributed by atoms with Crippen molar-refractivity contribution in [2.75, 3.05) is 12.4 Å². The maximum absolute atomic E-state index is 4.66. The van der Waals surface area contributed by atoms with Crippen LogP contribution in [0, 0.1) is 0 Å². The van der Waals surface area contributed by atoms with Crippen molar-refractivity contribution in [1.82, 2.24) is 15.0 Å². The first-order chi connectivity index (χ1) is 12.8. The van der Waals surface area contributed by atoms with E-state index in [0.29, 0.717) is 17.6 Å². The lowest BCUT2D eigenvalue weighted by atomic mass is 10.0. The van der Waals surface area contributed by atoms with E-state index in [4.69, 9.17) is 0 Å². The first-order valence-corrected chi connectivity index (χ1v) is 8.48. The van der Waals surface area contributed by atoms with Gasteiger partial charge in [0.15, 0.2) is 11.6 Å². The molecule has 0 spiro atoms. The van der Waals surface area contributed by atoms with Gasteiger partial charge in [0.25, 0.3) is 0 Å². The van der Waals surface area contributed by atoms with Gasteiger partial charge in [0.1, 0.15) is 0 Å². The maximum Gasteiger partial charge on any atom is 0.226 e. The van der Waals surface area contributed by atoms with E-state index in [1.807, 2.05) is 67.7 Å². The highest BCUT2D eigenvalue weighted by atomic mass is 15.1. The molecule has 0 aliphatic rings. The smallest absolute Gasteiger partial charge is 0.226 e. The number of nitrogens with one attached hydrogen (secondary N) is 1. The standard InChI is InChI=1S/C22H18N4/c1-23-22-25-20(18-10-6-3-7-11-18)24-21(26-22)19-14-12-17(13-15-19)16-8-4-2-5-9-16/h2-15H,1H3,(H,23,24,25,26). The monoisotopic (exact) mass is 338 g/mol. The van der Waals surface area contributed by atoms with E-state index in [0.717, 1.165) is 11.1 Å². The van der Waals surface area contributed by atoms with Crippen LogP contribution < -0.4 is 5.32 Å². The summed E-state index contributed by atoms with van der Waals surface area (Å²) >= 11 is 0. The molecule has 3 aromatic carbocycles. The molecule has 26 heavy (non-hydrogen) atoms. The van der Waals surface area contributed by atoms with Crippen LogP contribution in [-0.4, -0.2) is 22.0 Å². The molecule has 1 N–H and O–H groups in total. The lowest BCUT2D eigenvalue weighted by Crippen LogP contribution is -2.02. The molecule has 1 aromatic heterocycles. The molecule has 4 rings (SSSR count). The van der Waals surface area contributed by atoms with Crippen molar-refractivity contribution in [3.05, 3.63) is 84.9 Å². The Hall–Kier alpha value is -3.53. The number of benzene rings is 3. The molecule has 1 heterocycles. The normalized spacial score (nSPS) is 10.5. The number of hydrogen-bond donors (Lipinski definition) is 1. The van der Waals surface area contributed by atoms with Crippen LogP contribution in [0.25, 0.3) is 33.9 Å². The number of rotatable bonds is 4. The highest BCUT2D eigenvalue weighted by Crippen LogP contribution is 2.25. The van der Waals surface area contributed by atoms with Crippen LogP contribution in [0.4, 0.5) is 5.95 Å². The quantitative estimate of drug-likeness (QED) is 0.574. The number of hydrogen-bond acceptors (Lipinski definition) is 4. The molecule has 0 radical (unpaired) electrons. The fraction of sp³-hybridized carbons (Fsp3) is 0.0455. The summed E-state index contributed by atoms with van der Waals surface area (Å²) in [7, 11) is 1.81. The highest BCUT2D eigenvalue weighted by Gasteiger charge is 2.10. The third-order valence-electron chi connectivity index (χ3n) is 4.14. The average Bonchev–Trinajstić information content (AvgIpc) is 2.75. The predicted octanol–water partition coefficient (Wildman–Crippen LogP) is 4.91. The summed E-state index contributed by atoms with van der Waals surface area (Å²) in [5, 5.41) is 3.02. The Morgan fingerprint density at radius 2 is 0.923 bits per heavy atom. The molecule has 0 atom stereocenters. The summed E-state index contributed by atoms with van der Waals surface area (Å²) < 4.78 is 0. The van der Waals surface area contributed by atoms with Crippen LogP contribution >= 0.6 is 0 Å². The Labute approximate surface area is 152 Å². The Bertz CT molecular complexity index is 997. The van der Waals surface area contributed by atoms with Gasteiger partial charge in [-0.15, -0.1) is 0 Å². The number of aromatic nitrogens is 3. The van der Waals surface area contributed by atoms with Gasteiger partial charge in [-0.25, -0.2) is 4.98 Å². The minimum atomic E-state index is 0.556. The van der Waals surface area contributed by atoms with E-state index >= 15 is 0 Å². The van der Waals surface area contributed by atoms with Gasteiger partial charge in [-0.2, -0.15) is 9.97 Å². The minimum Gasteiger partial charge on any atom is -0.357 e. The van der Waals surface area contributed by atoms with Crippen molar-refractivity contribution in [2.45, 2.75) is 0 Å². The molecule has 0 saturated heterocycles.